The van der Waals surface area contributed by atoms with E-state index >= 15 is 0 Å². The second-order valence-corrected chi connectivity index (χ2v) is 5.29. The van der Waals surface area contributed by atoms with E-state index < -0.39 is 4.92 Å². The maximum atomic E-state index is 12.1. The summed E-state index contributed by atoms with van der Waals surface area (Å²) in [5.41, 5.74) is 1.34. The molecule has 0 saturated heterocycles. The fourth-order valence-corrected chi connectivity index (χ4v) is 2.24. The molecule has 0 spiro atoms. The van der Waals surface area contributed by atoms with E-state index in [1.165, 1.54) is 18.2 Å². The summed E-state index contributed by atoms with van der Waals surface area (Å²) in [6, 6.07) is 11.0. The molecule has 0 aromatic heterocycles. The molecule has 2 rings (SSSR count). The normalized spacial score (nSPS) is 9.82. The summed E-state index contributed by atoms with van der Waals surface area (Å²) in [4.78, 5) is 23.2. The average molecular weight is 313 g/mol. The number of nitro benzene ring substituents is 1. The number of rotatable bonds is 4. The Hall–Kier alpha value is -2.85. The molecular formula is C15H11N3O3S. The Labute approximate surface area is 130 Å². The molecule has 2 aromatic carbocycles. The number of nitrogens with one attached hydrogen (secondary N) is 1. The number of nitrogens with zero attached hydrogens (tertiary/aromatic N) is 2. The number of thioether (sulfide) groups is 1. The van der Waals surface area contributed by atoms with Gasteiger partial charge in [-0.15, -0.1) is 0 Å². The van der Waals surface area contributed by atoms with Crippen molar-refractivity contribution in [3.8, 4) is 5.40 Å². The first-order valence-electron chi connectivity index (χ1n) is 6.23. The van der Waals surface area contributed by atoms with E-state index in [1.807, 2.05) is 5.40 Å². The average Bonchev–Trinajstić information content (AvgIpc) is 2.49. The van der Waals surface area contributed by atoms with Gasteiger partial charge >= 0.3 is 0 Å². The number of carbonyl (C=O) groups is 1. The highest BCUT2D eigenvalue weighted by Crippen LogP contribution is 2.21. The van der Waals surface area contributed by atoms with Gasteiger partial charge in [-0.3, -0.25) is 14.9 Å². The quantitative estimate of drug-likeness (QED) is 0.401. The lowest BCUT2D eigenvalue weighted by atomic mass is 10.1. The van der Waals surface area contributed by atoms with Crippen molar-refractivity contribution in [2.45, 2.75) is 11.8 Å². The van der Waals surface area contributed by atoms with Crippen molar-refractivity contribution in [2.24, 2.45) is 0 Å². The zero-order valence-electron chi connectivity index (χ0n) is 11.6. The standard InChI is InChI=1S/C15H11N3O3S/c1-10-8-11(2-7-14(10)18(20)21)15(19)17-12-3-5-13(6-4-12)22-9-16/h2-8H,1H3,(H,17,19). The summed E-state index contributed by atoms with van der Waals surface area (Å²) in [6.07, 6.45) is 0. The summed E-state index contributed by atoms with van der Waals surface area (Å²) in [5.74, 6) is -0.348. The topological polar surface area (TPSA) is 96.0 Å². The maximum Gasteiger partial charge on any atom is 0.272 e. The van der Waals surface area contributed by atoms with Gasteiger partial charge in [0.2, 0.25) is 0 Å². The monoisotopic (exact) mass is 313 g/mol. The molecule has 110 valence electrons. The molecule has 0 heterocycles. The van der Waals surface area contributed by atoms with Crippen LogP contribution in [0.3, 0.4) is 0 Å². The van der Waals surface area contributed by atoms with Crippen LogP contribution in [0.4, 0.5) is 11.4 Å². The molecule has 0 bridgehead atoms. The number of benzene rings is 2. The molecule has 0 fully saturated rings. The van der Waals surface area contributed by atoms with Gasteiger partial charge in [0, 0.05) is 27.8 Å². The molecule has 0 unspecified atom stereocenters. The first-order chi connectivity index (χ1) is 10.5. The van der Waals surface area contributed by atoms with Crippen LogP contribution >= 0.6 is 11.8 Å². The fourth-order valence-electron chi connectivity index (χ4n) is 1.86. The molecule has 0 aliphatic heterocycles. The second kappa shape index (κ2) is 6.74. The Morgan fingerprint density at radius 1 is 1.27 bits per heavy atom. The van der Waals surface area contributed by atoms with E-state index in [0.29, 0.717) is 16.8 Å². The summed E-state index contributed by atoms with van der Waals surface area (Å²) in [6.45, 7) is 1.59. The minimum absolute atomic E-state index is 0.0190. The zero-order chi connectivity index (χ0) is 16.1. The predicted molar refractivity (Wildman–Crippen MR) is 83.7 cm³/mol. The number of anilines is 1. The van der Waals surface area contributed by atoms with E-state index in [2.05, 4.69) is 5.32 Å². The van der Waals surface area contributed by atoms with Gasteiger partial charge in [-0.05, 0) is 55.1 Å². The summed E-state index contributed by atoms with van der Waals surface area (Å²) >= 11 is 1.03. The van der Waals surface area contributed by atoms with Crippen LogP contribution in [0.25, 0.3) is 0 Å². The molecule has 0 aliphatic carbocycles. The predicted octanol–water partition coefficient (Wildman–Crippen LogP) is 3.73. The zero-order valence-corrected chi connectivity index (χ0v) is 12.4. The van der Waals surface area contributed by atoms with Gasteiger partial charge in [-0.1, -0.05) is 0 Å². The third kappa shape index (κ3) is 3.62. The van der Waals surface area contributed by atoms with E-state index in [-0.39, 0.29) is 11.6 Å². The summed E-state index contributed by atoms with van der Waals surface area (Å²) in [5, 5.41) is 24.0. The van der Waals surface area contributed by atoms with Crippen LogP contribution < -0.4 is 5.32 Å². The van der Waals surface area contributed by atoms with Crippen molar-refractivity contribution in [1.82, 2.24) is 0 Å². The van der Waals surface area contributed by atoms with Crippen LogP contribution in [0.15, 0.2) is 47.4 Å². The van der Waals surface area contributed by atoms with Crippen molar-refractivity contribution in [2.75, 3.05) is 5.32 Å². The second-order valence-electron chi connectivity index (χ2n) is 4.43. The fraction of sp³-hybridized carbons (Fsp3) is 0.0667. The van der Waals surface area contributed by atoms with Crippen molar-refractivity contribution >= 4 is 29.0 Å². The van der Waals surface area contributed by atoms with Crippen LogP contribution in [0.2, 0.25) is 0 Å². The van der Waals surface area contributed by atoms with Crippen LogP contribution in [0.1, 0.15) is 15.9 Å². The lowest BCUT2D eigenvalue weighted by Crippen LogP contribution is -2.12. The Morgan fingerprint density at radius 2 is 1.95 bits per heavy atom. The van der Waals surface area contributed by atoms with Gasteiger partial charge < -0.3 is 5.32 Å². The van der Waals surface area contributed by atoms with Crippen molar-refractivity contribution in [3.05, 3.63) is 63.7 Å². The third-order valence-corrected chi connectivity index (χ3v) is 3.53. The number of amides is 1. The van der Waals surface area contributed by atoms with Gasteiger partial charge in [-0.2, -0.15) is 5.26 Å². The molecule has 7 heteroatoms. The van der Waals surface area contributed by atoms with Gasteiger partial charge in [0.05, 0.1) is 4.92 Å². The van der Waals surface area contributed by atoms with E-state index in [9.17, 15) is 14.9 Å². The minimum Gasteiger partial charge on any atom is -0.322 e. The number of nitro groups is 1. The molecule has 0 radical (unpaired) electrons. The summed E-state index contributed by atoms with van der Waals surface area (Å²) in [7, 11) is 0. The van der Waals surface area contributed by atoms with Gasteiger partial charge in [0.15, 0.2) is 0 Å². The van der Waals surface area contributed by atoms with Gasteiger partial charge in [0.25, 0.3) is 11.6 Å². The Bertz CT molecular complexity index is 767. The number of aryl methyl sites for hydroxylation is 1. The molecule has 1 N–H and O–H groups in total. The highest BCUT2D eigenvalue weighted by Gasteiger charge is 2.13. The smallest absolute Gasteiger partial charge is 0.272 e. The number of carbonyl (C=O) groups excluding carboxylic acids is 1. The number of hydrogen-bond acceptors (Lipinski definition) is 5. The van der Waals surface area contributed by atoms with Crippen molar-refractivity contribution in [3.63, 3.8) is 0 Å². The highest BCUT2D eigenvalue weighted by atomic mass is 32.2. The number of hydrogen-bond donors (Lipinski definition) is 1. The third-order valence-electron chi connectivity index (χ3n) is 2.93. The summed E-state index contributed by atoms with van der Waals surface area (Å²) < 4.78 is 0. The van der Waals surface area contributed by atoms with Crippen LogP contribution in [0, 0.1) is 27.7 Å². The van der Waals surface area contributed by atoms with Gasteiger partial charge in [0.1, 0.15) is 5.40 Å². The molecule has 0 saturated carbocycles. The van der Waals surface area contributed by atoms with Gasteiger partial charge in [-0.25, -0.2) is 0 Å². The Kier molecular flexibility index (Phi) is 4.76. The molecule has 0 aliphatic rings. The van der Waals surface area contributed by atoms with E-state index in [4.69, 9.17) is 5.26 Å². The molecule has 2 aromatic rings. The van der Waals surface area contributed by atoms with Crippen LogP contribution in [-0.4, -0.2) is 10.8 Å². The number of nitriles is 1. The first kappa shape index (κ1) is 15.5. The largest absolute Gasteiger partial charge is 0.322 e. The molecule has 0 atom stereocenters. The molecule has 22 heavy (non-hydrogen) atoms. The van der Waals surface area contributed by atoms with Crippen molar-refractivity contribution < 1.29 is 9.72 Å². The first-order valence-corrected chi connectivity index (χ1v) is 7.05. The molecule has 1 amide bonds. The highest BCUT2D eigenvalue weighted by molar-refractivity contribution is 8.03. The lowest BCUT2D eigenvalue weighted by molar-refractivity contribution is -0.385. The minimum atomic E-state index is -0.484. The molecular weight excluding hydrogens is 302 g/mol. The van der Waals surface area contributed by atoms with Crippen molar-refractivity contribution in [1.29, 1.82) is 5.26 Å². The maximum absolute atomic E-state index is 12.1. The molecule has 6 nitrogen and oxygen atoms in total. The lowest BCUT2D eigenvalue weighted by Gasteiger charge is -2.06. The Morgan fingerprint density at radius 3 is 2.50 bits per heavy atom. The van der Waals surface area contributed by atoms with E-state index in [1.54, 1.807) is 31.2 Å². The van der Waals surface area contributed by atoms with E-state index in [0.717, 1.165) is 16.7 Å². The van der Waals surface area contributed by atoms with Crippen LogP contribution in [0.5, 0.6) is 0 Å². The Balaban J connectivity index is 2.13. The number of thiocyanates is 1. The SMILES string of the molecule is Cc1cc(C(=O)Nc2ccc(SC#N)cc2)ccc1[N+](=O)[O-]. The van der Waals surface area contributed by atoms with Crippen LogP contribution in [-0.2, 0) is 0 Å².